The summed E-state index contributed by atoms with van der Waals surface area (Å²) in [5.41, 5.74) is 20.2. The van der Waals surface area contributed by atoms with Gasteiger partial charge in [0.15, 0.2) is 0 Å². The fourth-order valence-electron chi connectivity index (χ4n) is 3.44. The van der Waals surface area contributed by atoms with Crippen LogP contribution in [-0.2, 0) is 19.3 Å². The Bertz CT molecular complexity index is 631. The Labute approximate surface area is 127 Å². The van der Waals surface area contributed by atoms with Crippen molar-refractivity contribution in [1.29, 1.82) is 0 Å². The maximum Gasteiger partial charge on any atom is -0.00106 e. The van der Waals surface area contributed by atoms with Crippen molar-refractivity contribution in [3.8, 4) is 11.1 Å². The van der Waals surface area contributed by atoms with Gasteiger partial charge in [-0.05, 0) is 78.6 Å². The summed E-state index contributed by atoms with van der Waals surface area (Å²) < 4.78 is 0. The maximum absolute atomic E-state index is 5.74. The molecule has 3 rings (SSSR count). The van der Waals surface area contributed by atoms with E-state index in [2.05, 4.69) is 36.4 Å². The Morgan fingerprint density at radius 1 is 0.810 bits per heavy atom. The largest absolute Gasteiger partial charge is 0.330 e. The smallest absolute Gasteiger partial charge is 0.00106 e. The molecule has 0 unspecified atom stereocenters. The van der Waals surface area contributed by atoms with E-state index in [0.29, 0.717) is 0 Å². The van der Waals surface area contributed by atoms with E-state index in [0.717, 1.165) is 45.2 Å². The van der Waals surface area contributed by atoms with E-state index in [4.69, 9.17) is 11.5 Å². The van der Waals surface area contributed by atoms with E-state index >= 15 is 0 Å². The van der Waals surface area contributed by atoms with E-state index in [9.17, 15) is 0 Å². The van der Waals surface area contributed by atoms with Crippen molar-refractivity contribution in [3.05, 3.63) is 58.7 Å². The summed E-state index contributed by atoms with van der Waals surface area (Å²) in [5, 5.41) is 0. The molecule has 2 heteroatoms. The summed E-state index contributed by atoms with van der Waals surface area (Å²) in [6, 6.07) is 13.4. The molecule has 0 bridgehead atoms. The number of hydrogen-bond acceptors (Lipinski definition) is 2. The average molecular weight is 280 g/mol. The maximum atomic E-state index is 5.74. The highest BCUT2D eigenvalue weighted by Crippen LogP contribution is 2.39. The minimum atomic E-state index is 0.757. The Balaban J connectivity index is 2.02. The Morgan fingerprint density at radius 3 is 2.38 bits per heavy atom. The lowest BCUT2D eigenvalue weighted by Crippen LogP contribution is -2.07. The lowest BCUT2D eigenvalue weighted by Gasteiger charge is -2.14. The molecule has 0 aliphatic heterocycles. The number of rotatable bonds is 6. The molecule has 2 aromatic carbocycles. The molecule has 0 spiro atoms. The lowest BCUT2D eigenvalue weighted by atomic mass is 9.91. The van der Waals surface area contributed by atoms with Crippen molar-refractivity contribution >= 4 is 0 Å². The molecule has 0 aromatic heterocycles. The van der Waals surface area contributed by atoms with Crippen LogP contribution in [0.1, 0.15) is 35.1 Å². The summed E-state index contributed by atoms with van der Waals surface area (Å²) in [7, 11) is 0. The van der Waals surface area contributed by atoms with Crippen LogP contribution in [0.4, 0.5) is 0 Å². The zero-order valence-electron chi connectivity index (χ0n) is 12.6. The molecule has 2 aromatic rings. The molecule has 0 saturated heterocycles. The van der Waals surface area contributed by atoms with Gasteiger partial charge in [0.25, 0.3) is 0 Å². The van der Waals surface area contributed by atoms with Crippen LogP contribution in [0.25, 0.3) is 11.1 Å². The van der Waals surface area contributed by atoms with Crippen molar-refractivity contribution < 1.29 is 0 Å². The van der Waals surface area contributed by atoms with Crippen LogP contribution in [-0.4, -0.2) is 13.1 Å². The topological polar surface area (TPSA) is 52.0 Å². The van der Waals surface area contributed by atoms with E-state index in [-0.39, 0.29) is 0 Å². The van der Waals surface area contributed by atoms with E-state index in [1.807, 2.05) is 0 Å². The van der Waals surface area contributed by atoms with Crippen LogP contribution >= 0.6 is 0 Å². The molecule has 2 nitrogen and oxygen atoms in total. The van der Waals surface area contributed by atoms with Crippen LogP contribution in [0.15, 0.2) is 36.4 Å². The van der Waals surface area contributed by atoms with Crippen LogP contribution in [0.2, 0.25) is 0 Å². The fraction of sp³-hybridized carbons (Fsp3) is 0.368. The Morgan fingerprint density at radius 2 is 1.57 bits per heavy atom. The summed E-state index contributed by atoms with van der Waals surface area (Å²) >= 11 is 0. The average Bonchev–Trinajstić information content (AvgIpc) is 2.90. The van der Waals surface area contributed by atoms with Gasteiger partial charge in [-0.2, -0.15) is 0 Å². The third-order valence-electron chi connectivity index (χ3n) is 4.48. The Kier molecular flexibility index (Phi) is 4.37. The molecular weight excluding hydrogens is 256 g/mol. The highest BCUT2D eigenvalue weighted by atomic mass is 14.5. The second-order valence-electron chi connectivity index (χ2n) is 5.85. The lowest BCUT2D eigenvalue weighted by molar-refractivity contribution is 0.786. The van der Waals surface area contributed by atoms with Gasteiger partial charge < -0.3 is 11.5 Å². The van der Waals surface area contributed by atoms with E-state index < -0.39 is 0 Å². The first-order valence-corrected chi connectivity index (χ1v) is 7.97. The van der Waals surface area contributed by atoms with E-state index in [1.165, 1.54) is 33.4 Å². The first kappa shape index (κ1) is 14.3. The predicted molar refractivity (Wildman–Crippen MR) is 89.4 cm³/mol. The Hall–Kier alpha value is -1.64. The van der Waals surface area contributed by atoms with Crippen molar-refractivity contribution in [2.45, 2.75) is 32.1 Å². The summed E-state index contributed by atoms with van der Waals surface area (Å²) in [6.45, 7) is 1.51. The van der Waals surface area contributed by atoms with Gasteiger partial charge in [-0.1, -0.05) is 36.4 Å². The number of benzene rings is 2. The number of aryl methyl sites for hydroxylation is 1. The first-order valence-electron chi connectivity index (χ1n) is 7.97. The van der Waals surface area contributed by atoms with Crippen LogP contribution < -0.4 is 11.5 Å². The molecule has 0 heterocycles. The van der Waals surface area contributed by atoms with Gasteiger partial charge in [-0.15, -0.1) is 0 Å². The molecule has 1 aliphatic rings. The van der Waals surface area contributed by atoms with Gasteiger partial charge in [0.2, 0.25) is 0 Å². The third-order valence-corrected chi connectivity index (χ3v) is 4.48. The van der Waals surface area contributed by atoms with Gasteiger partial charge >= 0.3 is 0 Å². The SMILES string of the molecule is NCCCc1ccc2c(c1CCCN)Cc1ccccc1-2. The van der Waals surface area contributed by atoms with Gasteiger partial charge in [-0.3, -0.25) is 0 Å². The van der Waals surface area contributed by atoms with Crippen LogP contribution in [0.3, 0.4) is 0 Å². The van der Waals surface area contributed by atoms with Crippen LogP contribution in [0.5, 0.6) is 0 Å². The zero-order chi connectivity index (χ0) is 14.7. The molecular formula is C19H24N2. The standard InChI is InChI=1S/C19H24N2/c20-11-3-6-14-9-10-18-17-7-2-1-5-15(17)13-19(18)16(14)8-4-12-21/h1-2,5,7,9-10H,3-4,6,8,11-13,20-21H2. The normalized spacial score (nSPS) is 12.3. The molecule has 0 amide bonds. The van der Waals surface area contributed by atoms with Crippen molar-refractivity contribution in [1.82, 2.24) is 0 Å². The van der Waals surface area contributed by atoms with Crippen molar-refractivity contribution in [2.24, 2.45) is 11.5 Å². The van der Waals surface area contributed by atoms with Crippen LogP contribution in [0, 0.1) is 0 Å². The molecule has 4 N–H and O–H groups in total. The summed E-state index contributed by atoms with van der Waals surface area (Å²) in [4.78, 5) is 0. The van der Waals surface area contributed by atoms with Crippen molar-refractivity contribution in [2.75, 3.05) is 13.1 Å². The number of hydrogen-bond donors (Lipinski definition) is 2. The molecule has 0 atom stereocenters. The van der Waals surface area contributed by atoms with Crippen molar-refractivity contribution in [3.63, 3.8) is 0 Å². The number of fused-ring (bicyclic) bond motifs is 3. The minimum absolute atomic E-state index is 0.757. The first-order chi connectivity index (χ1) is 10.3. The molecule has 0 fully saturated rings. The van der Waals surface area contributed by atoms with Gasteiger partial charge in [-0.25, -0.2) is 0 Å². The predicted octanol–water partition coefficient (Wildman–Crippen LogP) is 3.04. The molecule has 110 valence electrons. The highest BCUT2D eigenvalue weighted by Gasteiger charge is 2.22. The monoisotopic (exact) mass is 280 g/mol. The zero-order valence-corrected chi connectivity index (χ0v) is 12.6. The summed E-state index contributed by atoms with van der Waals surface area (Å²) in [5.74, 6) is 0. The van der Waals surface area contributed by atoms with Gasteiger partial charge in [0.05, 0.1) is 0 Å². The van der Waals surface area contributed by atoms with Gasteiger partial charge in [0, 0.05) is 0 Å². The number of nitrogens with two attached hydrogens (primary N) is 2. The van der Waals surface area contributed by atoms with Gasteiger partial charge in [0.1, 0.15) is 0 Å². The summed E-state index contributed by atoms with van der Waals surface area (Å²) in [6.07, 6.45) is 5.36. The highest BCUT2D eigenvalue weighted by molar-refractivity contribution is 5.78. The second-order valence-corrected chi connectivity index (χ2v) is 5.85. The second kappa shape index (κ2) is 6.42. The fourth-order valence-corrected chi connectivity index (χ4v) is 3.44. The molecule has 0 radical (unpaired) electrons. The van der Waals surface area contributed by atoms with E-state index in [1.54, 1.807) is 0 Å². The molecule has 0 saturated carbocycles. The third kappa shape index (κ3) is 2.74. The minimum Gasteiger partial charge on any atom is -0.330 e. The molecule has 1 aliphatic carbocycles. The molecule has 21 heavy (non-hydrogen) atoms. The quantitative estimate of drug-likeness (QED) is 0.729.